The van der Waals surface area contributed by atoms with E-state index in [2.05, 4.69) is 39.0 Å². The monoisotopic (exact) mass is 256 g/mol. The van der Waals surface area contributed by atoms with Crippen LogP contribution in [-0.4, -0.2) is 11.9 Å². The third-order valence-corrected chi connectivity index (χ3v) is 3.83. The van der Waals surface area contributed by atoms with E-state index in [4.69, 9.17) is 5.26 Å². The van der Waals surface area contributed by atoms with Crippen LogP contribution in [0.2, 0.25) is 0 Å². The first kappa shape index (κ1) is 13.6. The second-order valence-corrected chi connectivity index (χ2v) is 6.24. The van der Waals surface area contributed by atoms with E-state index in [1.165, 1.54) is 5.56 Å². The SMILES string of the molecule is CC1C(C#N)CC(=O)N1c1ccc(C(C)(C)C)cc1. The van der Waals surface area contributed by atoms with Gasteiger partial charge in [0.1, 0.15) is 0 Å². The van der Waals surface area contributed by atoms with Crippen molar-refractivity contribution < 1.29 is 4.79 Å². The molecule has 3 nitrogen and oxygen atoms in total. The number of hydrogen-bond donors (Lipinski definition) is 0. The third-order valence-electron chi connectivity index (χ3n) is 3.83. The highest BCUT2D eigenvalue weighted by molar-refractivity contribution is 5.96. The van der Waals surface area contributed by atoms with Crippen molar-refractivity contribution in [1.82, 2.24) is 0 Å². The smallest absolute Gasteiger partial charge is 0.228 e. The minimum absolute atomic E-state index is 0.0435. The normalized spacial score (nSPS) is 23.5. The topological polar surface area (TPSA) is 44.1 Å². The van der Waals surface area contributed by atoms with Crippen molar-refractivity contribution in [1.29, 1.82) is 5.26 Å². The van der Waals surface area contributed by atoms with Gasteiger partial charge in [-0.05, 0) is 30.0 Å². The van der Waals surface area contributed by atoms with Crippen molar-refractivity contribution in [2.75, 3.05) is 4.90 Å². The zero-order chi connectivity index (χ0) is 14.2. The predicted octanol–water partition coefficient (Wildman–Crippen LogP) is 3.25. The molecule has 0 bridgehead atoms. The highest BCUT2D eigenvalue weighted by atomic mass is 16.2. The van der Waals surface area contributed by atoms with Crippen molar-refractivity contribution in [3.8, 4) is 6.07 Å². The van der Waals surface area contributed by atoms with Crippen molar-refractivity contribution in [2.45, 2.75) is 45.6 Å². The molecule has 3 heteroatoms. The predicted molar refractivity (Wildman–Crippen MR) is 75.8 cm³/mol. The second kappa shape index (κ2) is 4.70. The van der Waals surface area contributed by atoms with Gasteiger partial charge in [-0.2, -0.15) is 5.26 Å². The Morgan fingerprint density at radius 2 is 1.84 bits per heavy atom. The van der Waals surface area contributed by atoms with Gasteiger partial charge in [-0.3, -0.25) is 4.79 Å². The molecular weight excluding hydrogens is 236 g/mol. The second-order valence-electron chi connectivity index (χ2n) is 6.24. The van der Waals surface area contributed by atoms with E-state index in [9.17, 15) is 4.79 Å². The van der Waals surface area contributed by atoms with E-state index >= 15 is 0 Å². The van der Waals surface area contributed by atoms with Gasteiger partial charge in [-0.1, -0.05) is 32.9 Å². The first-order valence-corrected chi connectivity index (χ1v) is 6.67. The van der Waals surface area contributed by atoms with Gasteiger partial charge in [0.25, 0.3) is 0 Å². The lowest BCUT2D eigenvalue weighted by Gasteiger charge is -2.24. The molecule has 0 saturated carbocycles. The number of carbonyl (C=O) groups excluding carboxylic acids is 1. The summed E-state index contributed by atoms with van der Waals surface area (Å²) in [5.41, 5.74) is 2.24. The lowest BCUT2D eigenvalue weighted by molar-refractivity contribution is -0.117. The Morgan fingerprint density at radius 3 is 2.26 bits per heavy atom. The zero-order valence-corrected chi connectivity index (χ0v) is 12.0. The lowest BCUT2D eigenvalue weighted by atomic mass is 9.87. The summed E-state index contributed by atoms with van der Waals surface area (Å²) in [6.07, 6.45) is 0.332. The molecule has 1 aromatic rings. The number of anilines is 1. The molecule has 19 heavy (non-hydrogen) atoms. The molecule has 0 spiro atoms. The van der Waals surface area contributed by atoms with Crippen LogP contribution >= 0.6 is 0 Å². The average molecular weight is 256 g/mol. The summed E-state index contributed by atoms with van der Waals surface area (Å²) in [5.74, 6) is -0.155. The summed E-state index contributed by atoms with van der Waals surface area (Å²) in [5, 5.41) is 9.04. The zero-order valence-electron chi connectivity index (χ0n) is 12.0. The Bertz CT molecular complexity index is 519. The third kappa shape index (κ3) is 2.49. The van der Waals surface area contributed by atoms with Gasteiger partial charge in [-0.25, -0.2) is 0 Å². The highest BCUT2D eigenvalue weighted by Gasteiger charge is 2.37. The minimum atomic E-state index is -0.199. The van der Waals surface area contributed by atoms with Gasteiger partial charge in [0.05, 0.1) is 18.0 Å². The van der Waals surface area contributed by atoms with Gasteiger partial charge in [-0.15, -0.1) is 0 Å². The first-order valence-electron chi connectivity index (χ1n) is 6.67. The molecule has 2 atom stereocenters. The molecule has 1 amide bonds. The largest absolute Gasteiger partial charge is 0.308 e. The summed E-state index contributed by atoms with van der Waals surface area (Å²) < 4.78 is 0. The maximum absolute atomic E-state index is 12.0. The number of carbonyl (C=O) groups is 1. The number of nitriles is 1. The molecule has 1 aromatic carbocycles. The molecule has 100 valence electrons. The van der Waals surface area contributed by atoms with Crippen LogP contribution in [0.25, 0.3) is 0 Å². The van der Waals surface area contributed by atoms with Crippen LogP contribution in [-0.2, 0) is 10.2 Å². The molecule has 0 N–H and O–H groups in total. The van der Waals surface area contributed by atoms with Crippen molar-refractivity contribution in [3.05, 3.63) is 29.8 Å². The quantitative estimate of drug-likeness (QED) is 0.774. The number of amides is 1. The molecule has 1 aliphatic heterocycles. The first-order chi connectivity index (χ1) is 8.84. The van der Waals surface area contributed by atoms with Crippen LogP contribution in [0.4, 0.5) is 5.69 Å². The van der Waals surface area contributed by atoms with E-state index in [0.29, 0.717) is 6.42 Å². The molecule has 1 fully saturated rings. The number of nitrogens with zero attached hydrogens (tertiary/aromatic N) is 2. The Morgan fingerprint density at radius 1 is 1.26 bits per heavy atom. The van der Waals surface area contributed by atoms with E-state index in [1.54, 1.807) is 4.90 Å². The maximum atomic E-state index is 12.0. The average Bonchev–Trinajstić information content (AvgIpc) is 2.63. The summed E-state index contributed by atoms with van der Waals surface area (Å²) >= 11 is 0. The summed E-state index contributed by atoms with van der Waals surface area (Å²) in [6, 6.07) is 10.3. The van der Waals surface area contributed by atoms with E-state index in [1.807, 2.05) is 19.1 Å². The molecule has 0 aromatic heterocycles. The van der Waals surface area contributed by atoms with E-state index < -0.39 is 0 Å². The van der Waals surface area contributed by atoms with E-state index in [0.717, 1.165) is 5.69 Å². The molecule has 1 saturated heterocycles. The van der Waals surface area contributed by atoms with Gasteiger partial charge >= 0.3 is 0 Å². The standard InChI is InChI=1S/C16H20N2O/c1-11-12(10-17)9-15(19)18(11)14-7-5-13(6-8-14)16(2,3)4/h5-8,11-12H,9H2,1-4H3. The fraction of sp³-hybridized carbons (Fsp3) is 0.500. The highest BCUT2D eigenvalue weighted by Crippen LogP contribution is 2.32. The molecule has 2 rings (SSSR count). The summed E-state index contributed by atoms with van der Waals surface area (Å²) in [4.78, 5) is 13.8. The van der Waals surface area contributed by atoms with Crippen LogP contribution in [0, 0.1) is 17.2 Å². The fourth-order valence-electron chi connectivity index (χ4n) is 2.52. The molecular formula is C16H20N2O. The Kier molecular flexibility index (Phi) is 3.36. The molecule has 2 unspecified atom stereocenters. The number of hydrogen-bond acceptors (Lipinski definition) is 2. The van der Waals surface area contributed by atoms with Crippen molar-refractivity contribution in [2.24, 2.45) is 5.92 Å². The van der Waals surface area contributed by atoms with Gasteiger partial charge in [0, 0.05) is 12.1 Å². The van der Waals surface area contributed by atoms with Gasteiger partial charge in [0.15, 0.2) is 0 Å². The molecule has 1 aliphatic rings. The van der Waals surface area contributed by atoms with Crippen LogP contribution < -0.4 is 4.90 Å². The Hall–Kier alpha value is -1.82. The van der Waals surface area contributed by atoms with Gasteiger partial charge < -0.3 is 4.90 Å². The minimum Gasteiger partial charge on any atom is -0.308 e. The lowest BCUT2D eigenvalue weighted by Crippen LogP contribution is -2.32. The number of rotatable bonds is 1. The maximum Gasteiger partial charge on any atom is 0.228 e. The van der Waals surface area contributed by atoms with E-state index in [-0.39, 0.29) is 23.3 Å². The fourth-order valence-corrected chi connectivity index (χ4v) is 2.52. The van der Waals surface area contributed by atoms with Crippen LogP contribution in [0.15, 0.2) is 24.3 Å². The molecule has 0 aliphatic carbocycles. The van der Waals surface area contributed by atoms with Crippen LogP contribution in [0.3, 0.4) is 0 Å². The van der Waals surface area contributed by atoms with Gasteiger partial charge in [0.2, 0.25) is 5.91 Å². The number of benzene rings is 1. The molecule has 1 heterocycles. The Labute approximate surface area is 114 Å². The Balaban J connectivity index is 2.29. The van der Waals surface area contributed by atoms with Crippen LogP contribution in [0.1, 0.15) is 39.7 Å². The van der Waals surface area contributed by atoms with Crippen LogP contribution in [0.5, 0.6) is 0 Å². The summed E-state index contributed by atoms with van der Waals surface area (Å²) in [7, 11) is 0. The van der Waals surface area contributed by atoms with Crippen molar-refractivity contribution >= 4 is 11.6 Å². The van der Waals surface area contributed by atoms with Crippen molar-refractivity contribution in [3.63, 3.8) is 0 Å². The summed E-state index contributed by atoms with van der Waals surface area (Å²) in [6.45, 7) is 8.43. The molecule has 0 radical (unpaired) electrons.